The summed E-state index contributed by atoms with van der Waals surface area (Å²) >= 11 is 0. The van der Waals surface area contributed by atoms with Crippen LogP contribution in [0.5, 0.6) is 0 Å². The highest BCUT2D eigenvalue weighted by Gasteiger charge is 2.72. The second kappa shape index (κ2) is 7.09. The first kappa shape index (κ1) is 17.9. The minimum Gasteiger partial charge on any atom is -0.284 e. The Morgan fingerprint density at radius 2 is 1.38 bits per heavy atom. The molecule has 0 spiro atoms. The van der Waals surface area contributed by atoms with E-state index in [1.54, 1.807) is 0 Å². The third-order valence-corrected chi connectivity index (χ3v) is 7.96. The molecule has 1 heterocycles. The molecule has 29 heavy (non-hydrogen) atoms. The second-order valence-electron chi connectivity index (χ2n) is 9.59. The molecule has 2 saturated carbocycles. The summed E-state index contributed by atoms with van der Waals surface area (Å²) in [4.78, 5) is 8.36. The number of benzene rings is 2. The molecule has 3 atom stereocenters. The Kier molecular flexibility index (Phi) is 4.37. The molecule has 150 valence electrons. The van der Waals surface area contributed by atoms with Crippen molar-refractivity contribution in [1.29, 1.82) is 0 Å². The summed E-state index contributed by atoms with van der Waals surface area (Å²) in [5, 5.41) is 0. The molecule has 3 aliphatic carbocycles. The maximum atomic E-state index is 5.49. The zero-order valence-corrected chi connectivity index (χ0v) is 17.4. The summed E-state index contributed by atoms with van der Waals surface area (Å²) in [6.45, 7) is 0. The van der Waals surface area contributed by atoms with Crippen LogP contribution in [0.4, 0.5) is 0 Å². The van der Waals surface area contributed by atoms with E-state index in [4.69, 9.17) is 4.99 Å². The summed E-state index contributed by atoms with van der Waals surface area (Å²) in [5.74, 6) is 0. The van der Waals surface area contributed by atoms with Crippen molar-refractivity contribution < 1.29 is 0 Å². The van der Waals surface area contributed by atoms with E-state index < -0.39 is 0 Å². The molecule has 2 aromatic rings. The molecule has 0 radical (unpaired) electrons. The van der Waals surface area contributed by atoms with Crippen LogP contribution in [-0.4, -0.2) is 28.7 Å². The van der Waals surface area contributed by atoms with Gasteiger partial charge < -0.3 is 0 Å². The SMILES string of the molecule is c1ccc([C@@]23c4ccccc4C(=NC4CCCCC4)[C@@H]2N3C2CCCCC2)cc1. The molecule has 1 unspecified atom stereocenters. The van der Waals surface area contributed by atoms with E-state index in [1.165, 1.54) is 86.6 Å². The molecule has 0 N–H and O–H groups in total. The molecular weight excluding hydrogens is 352 g/mol. The van der Waals surface area contributed by atoms with Crippen molar-refractivity contribution >= 4 is 5.71 Å². The molecule has 0 amide bonds. The summed E-state index contributed by atoms with van der Waals surface area (Å²) < 4.78 is 0. The largest absolute Gasteiger partial charge is 0.284 e. The maximum Gasteiger partial charge on any atom is 0.0946 e. The Morgan fingerprint density at radius 3 is 2.14 bits per heavy atom. The Hall–Kier alpha value is -1.93. The van der Waals surface area contributed by atoms with Crippen molar-refractivity contribution in [3.05, 3.63) is 71.3 Å². The number of aliphatic imine (C=N–C) groups is 1. The van der Waals surface area contributed by atoms with Crippen LogP contribution < -0.4 is 0 Å². The first-order chi connectivity index (χ1) is 14.4. The van der Waals surface area contributed by atoms with Gasteiger partial charge in [-0.25, -0.2) is 0 Å². The molecule has 2 aromatic carbocycles. The van der Waals surface area contributed by atoms with E-state index >= 15 is 0 Å². The molecule has 1 aliphatic heterocycles. The van der Waals surface area contributed by atoms with Crippen molar-refractivity contribution in [1.82, 2.24) is 4.90 Å². The fourth-order valence-corrected chi connectivity index (χ4v) is 6.67. The number of fused-ring (bicyclic) bond motifs is 3. The molecule has 3 fully saturated rings. The monoisotopic (exact) mass is 384 g/mol. The zero-order chi connectivity index (χ0) is 19.3. The van der Waals surface area contributed by atoms with Gasteiger partial charge in [0.1, 0.15) is 0 Å². The van der Waals surface area contributed by atoms with Gasteiger partial charge in [-0.1, -0.05) is 93.1 Å². The van der Waals surface area contributed by atoms with Crippen LogP contribution in [0.1, 0.15) is 80.9 Å². The quantitative estimate of drug-likeness (QED) is 0.585. The number of nitrogens with zero attached hydrogens (tertiary/aromatic N) is 2. The van der Waals surface area contributed by atoms with Gasteiger partial charge in [-0.15, -0.1) is 0 Å². The van der Waals surface area contributed by atoms with Crippen molar-refractivity contribution in [3.63, 3.8) is 0 Å². The van der Waals surface area contributed by atoms with Crippen LogP contribution in [-0.2, 0) is 5.54 Å². The van der Waals surface area contributed by atoms with Gasteiger partial charge in [0.05, 0.1) is 23.3 Å². The molecule has 2 nitrogen and oxygen atoms in total. The fraction of sp³-hybridized carbons (Fsp3) is 0.519. The predicted octanol–water partition coefficient (Wildman–Crippen LogP) is 6.08. The van der Waals surface area contributed by atoms with E-state index in [1.807, 2.05) is 0 Å². The molecule has 0 bridgehead atoms. The maximum absolute atomic E-state index is 5.49. The van der Waals surface area contributed by atoms with Crippen molar-refractivity contribution in [2.24, 2.45) is 4.99 Å². The zero-order valence-electron chi connectivity index (χ0n) is 17.4. The Bertz CT molecular complexity index is 905. The molecule has 1 saturated heterocycles. The van der Waals surface area contributed by atoms with Crippen LogP contribution >= 0.6 is 0 Å². The van der Waals surface area contributed by atoms with Crippen LogP contribution in [0.25, 0.3) is 0 Å². The Labute approximate surface area is 175 Å². The highest BCUT2D eigenvalue weighted by atomic mass is 15.4. The van der Waals surface area contributed by atoms with E-state index in [9.17, 15) is 0 Å². The summed E-state index contributed by atoms with van der Waals surface area (Å²) in [6.07, 6.45) is 13.5. The standard InChI is InChI=1S/C27H32N2/c1-4-12-20(13-5-1)27-24-19-11-10-18-23(24)25(28-21-14-6-2-7-15-21)26(27)29(27)22-16-8-3-9-17-22/h1,4-5,10-13,18-19,21-22,26H,2-3,6-9,14-17H2/t26-,27+,29?/m0/s1. The van der Waals surface area contributed by atoms with Crippen LogP contribution in [0.3, 0.4) is 0 Å². The van der Waals surface area contributed by atoms with Crippen LogP contribution in [0.15, 0.2) is 59.6 Å². The fourth-order valence-electron chi connectivity index (χ4n) is 6.67. The van der Waals surface area contributed by atoms with E-state index in [0.29, 0.717) is 18.1 Å². The number of hydrogen-bond acceptors (Lipinski definition) is 2. The average molecular weight is 385 g/mol. The van der Waals surface area contributed by atoms with Crippen molar-refractivity contribution in [2.75, 3.05) is 0 Å². The summed E-state index contributed by atoms with van der Waals surface area (Å²) in [7, 11) is 0. The highest BCUT2D eigenvalue weighted by Crippen LogP contribution is 2.63. The van der Waals surface area contributed by atoms with Crippen LogP contribution in [0, 0.1) is 0 Å². The summed E-state index contributed by atoms with van der Waals surface area (Å²) in [6, 6.07) is 22.2. The number of rotatable bonds is 3. The van der Waals surface area contributed by atoms with Gasteiger partial charge in [0.15, 0.2) is 0 Å². The van der Waals surface area contributed by atoms with Crippen molar-refractivity contribution in [3.8, 4) is 0 Å². The van der Waals surface area contributed by atoms with Gasteiger partial charge in [0, 0.05) is 11.6 Å². The number of hydrogen-bond donors (Lipinski definition) is 0. The lowest BCUT2D eigenvalue weighted by Crippen LogP contribution is -2.31. The topological polar surface area (TPSA) is 15.4 Å². The van der Waals surface area contributed by atoms with E-state index in [0.717, 1.165) is 0 Å². The Morgan fingerprint density at radius 1 is 0.724 bits per heavy atom. The van der Waals surface area contributed by atoms with E-state index in [2.05, 4.69) is 59.5 Å². The molecule has 2 heteroatoms. The van der Waals surface area contributed by atoms with Gasteiger partial charge in [0.25, 0.3) is 0 Å². The van der Waals surface area contributed by atoms with Gasteiger partial charge in [-0.05, 0) is 36.8 Å². The van der Waals surface area contributed by atoms with Gasteiger partial charge in [0.2, 0.25) is 0 Å². The first-order valence-electron chi connectivity index (χ1n) is 11.9. The lowest BCUT2D eigenvalue weighted by atomic mass is 9.89. The lowest BCUT2D eigenvalue weighted by Gasteiger charge is -2.30. The minimum absolute atomic E-state index is 0.0351. The third kappa shape index (κ3) is 2.68. The predicted molar refractivity (Wildman–Crippen MR) is 120 cm³/mol. The average Bonchev–Trinajstić information content (AvgIpc) is 3.42. The first-order valence-corrected chi connectivity index (χ1v) is 11.9. The molecule has 4 aliphatic rings. The normalized spacial score (nSPS) is 33.4. The summed E-state index contributed by atoms with van der Waals surface area (Å²) in [5.41, 5.74) is 5.85. The van der Waals surface area contributed by atoms with Crippen LogP contribution in [0.2, 0.25) is 0 Å². The smallest absolute Gasteiger partial charge is 0.0946 e. The molecule has 6 rings (SSSR count). The van der Waals surface area contributed by atoms with Gasteiger partial charge >= 0.3 is 0 Å². The second-order valence-corrected chi connectivity index (χ2v) is 9.59. The van der Waals surface area contributed by atoms with Gasteiger partial charge in [-0.2, -0.15) is 0 Å². The molecular formula is C27H32N2. The van der Waals surface area contributed by atoms with E-state index in [-0.39, 0.29) is 5.54 Å². The molecule has 0 aromatic heterocycles. The highest BCUT2D eigenvalue weighted by molar-refractivity contribution is 6.14. The van der Waals surface area contributed by atoms with Crippen molar-refractivity contribution in [2.45, 2.75) is 87.9 Å². The lowest BCUT2D eigenvalue weighted by molar-refractivity contribution is 0.256. The third-order valence-electron chi connectivity index (χ3n) is 7.96. The van der Waals surface area contributed by atoms with Gasteiger partial charge in [-0.3, -0.25) is 9.89 Å². The Balaban J connectivity index is 1.49. The minimum atomic E-state index is 0.0351.